The van der Waals surface area contributed by atoms with Gasteiger partial charge in [-0.2, -0.15) is 0 Å². The van der Waals surface area contributed by atoms with E-state index < -0.39 is 0 Å². The highest BCUT2D eigenvalue weighted by Gasteiger charge is 2.21. The minimum Gasteiger partial charge on any atom is -0.353 e. The molecule has 0 saturated heterocycles. The molecule has 1 saturated carbocycles. The van der Waals surface area contributed by atoms with Crippen LogP contribution < -0.4 is 4.90 Å². The van der Waals surface area contributed by atoms with Crippen LogP contribution in [0.5, 0.6) is 0 Å². The van der Waals surface area contributed by atoms with Gasteiger partial charge in [0, 0.05) is 24.1 Å². The molecule has 2 rings (SSSR count). The van der Waals surface area contributed by atoms with Crippen LogP contribution in [0.4, 0.5) is 5.82 Å². The highest BCUT2D eigenvalue weighted by molar-refractivity contribution is 9.09. The predicted octanol–water partition coefficient (Wildman–Crippen LogP) is 3.32. The van der Waals surface area contributed by atoms with Gasteiger partial charge in [0.15, 0.2) is 0 Å². The second-order valence-electron chi connectivity index (χ2n) is 4.64. The maximum Gasteiger partial charge on any atom is 0.132 e. The standard InChI is InChI=1S/C13H20BrN3/c1-11-15-9-7-13(16-11)17(10-8-14)12-5-3-2-4-6-12/h7,9,12H,2-6,8,10H2,1H3. The van der Waals surface area contributed by atoms with Gasteiger partial charge in [0.05, 0.1) is 0 Å². The predicted molar refractivity (Wildman–Crippen MR) is 74.8 cm³/mol. The molecule has 0 aromatic carbocycles. The molecule has 4 heteroatoms. The summed E-state index contributed by atoms with van der Waals surface area (Å²) >= 11 is 3.55. The zero-order valence-corrected chi connectivity index (χ0v) is 12.0. The number of rotatable bonds is 4. The van der Waals surface area contributed by atoms with Gasteiger partial charge < -0.3 is 4.90 Å². The van der Waals surface area contributed by atoms with Crippen molar-refractivity contribution in [3.63, 3.8) is 0 Å². The van der Waals surface area contributed by atoms with Crippen molar-refractivity contribution in [2.24, 2.45) is 0 Å². The van der Waals surface area contributed by atoms with Gasteiger partial charge in [-0.3, -0.25) is 0 Å². The smallest absolute Gasteiger partial charge is 0.132 e. The number of aryl methyl sites for hydroxylation is 1. The van der Waals surface area contributed by atoms with E-state index in [-0.39, 0.29) is 0 Å². The Kier molecular flexibility index (Phi) is 4.77. The quantitative estimate of drug-likeness (QED) is 0.799. The van der Waals surface area contributed by atoms with Crippen LogP contribution in [-0.4, -0.2) is 27.9 Å². The summed E-state index contributed by atoms with van der Waals surface area (Å²) in [4.78, 5) is 11.2. The molecule has 1 aromatic heterocycles. The van der Waals surface area contributed by atoms with E-state index in [0.717, 1.165) is 23.5 Å². The number of alkyl halides is 1. The Labute approximate surface area is 112 Å². The van der Waals surface area contributed by atoms with Crippen LogP contribution in [0.2, 0.25) is 0 Å². The van der Waals surface area contributed by atoms with E-state index in [0.29, 0.717) is 6.04 Å². The van der Waals surface area contributed by atoms with Gasteiger partial charge in [-0.1, -0.05) is 35.2 Å². The SMILES string of the molecule is Cc1nccc(N(CCBr)C2CCCCC2)n1. The molecule has 0 amide bonds. The van der Waals surface area contributed by atoms with E-state index in [1.54, 1.807) is 0 Å². The van der Waals surface area contributed by atoms with Gasteiger partial charge in [-0.25, -0.2) is 9.97 Å². The second-order valence-corrected chi connectivity index (χ2v) is 5.43. The second kappa shape index (κ2) is 6.34. The Morgan fingerprint density at radius 3 is 2.76 bits per heavy atom. The average Bonchev–Trinajstić information content (AvgIpc) is 2.37. The van der Waals surface area contributed by atoms with Crippen LogP contribution in [0.15, 0.2) is 12.3 Å². The molecular weight excluding hydrogens is 278 g/mol. The van der Waals surface area contributed by atoms with E-state index in [1.165, 1.54) is 32.1 Å². The molecule has 0 spiro atoms. The van der Waals surface area contributed by atoms with Crippen molar-refractivity contribution >= 4 is 21.7 Å². The molecule has 0 N–H and O–H groups in total. The molecule has 1 heterocycles. The largest absolute Gasteiger partial charge is 0.353 e. The highest BCUT2D eigenvalue weighted by atomic mass is 79.9. The third-order valence-electron chi connectivity index (χ3n) is 3.40. The molecule has 0 atom stereocenters. The summed E-state index contributed by atoms with van der Waals surface area (Å²) in [5.74, 6) is 1.95. The fraction of sp³-hybridized carbons (Fsp3) is 0.692. The Morgan fingerprint density at radius 2 is 2.12 bits per heavy atom. The first-order valence-electron chi connectivity index (χ1n) is 6.43. The van der Waals surface area contributed by atoms with Gasteiger partial charge in [-0.15, -0.1) is 0 Å². The first-order valence-corrected chi connectivity index (χ1v) is 7.55. The van der Waals surface area contributed by atoms with Crippen molar-refractivity contribution in [1.82, 2.24) is 9.97 Å². The zero-order valence-electron chi connectivity index (χ0n) is 10.4. The molecular formula is C13H20BrN3. The fourth-order valence-electron chi connectivity index (χ4n) is 2.57. The number of hydrogen-bond donors (Lipinski definition) is 0. The van der Waals surface area contributed by atoms with Gasteiger partial charge in [0.2, 0.25) is 0 Å². The minimum atomic E-state index is 0.663. The number of anilines is 1. The molecule has 1 fully saturated rings. The Hall–Kier alpha value is -0.640. The maximum absolute atomic E-state index is 4.56. The minimum absolute atomic E-state index is 0.663. The zero-order chi connectivity index (χ0) is 12.1. The van der Waals surface area contributed by atoms with E-state index in [4.69, 9.17) is 0 Å². The topological polar surface area (TPSA) is 29.0 Å². The van der Waals surface area contributed by atoms with Gasteiger partial charge >= 0.3 is 0 Å². The van der Waals surface area contributed by atoms with E-state index in [9.17, 15) is 0 Å². The Bertz CT molecular complexity index is 350. The molecule has 17 heavy (non-hydrogen) atoms. The first kappa shape index (κ1) is 12.8. The van der Waals surface area contributed by atoms with E-state index in [1.807, 2.05) is 19.2 Å². The van der Waals surface area contributed by atoms with Crippen molar-refractivity contribution in [2.45, 2.75) is 45.1 Å². The summed E-state index contributed by atoms with van der Waals surface area (Å²) in [7, 11) is 0. The lowest BCUT2D eigenvalue weighted by Gasteiger charge is -2.35. The number of halogens is 1. The maximum atomic E-state index is 4.56. The van der Waals surface area contributed by atoms with Gasteiger partial charge in [0.1, 0.15) is 11.6 Å². The lowest BCUT2D eigenvalue weighted by molar-refractivity contribution is 0.417. The van der Waals surface area contributed by atoms with Crippen LogP contribution in [0, 0.1) is 6.92 Å². The first-order chi connectivity index (χ1) is 8.31. The Balaban J connectivity index is 2.15. The molecule has 0 unspecified atom stereocenters. The van der Waals surface area contributed by atoms with E-state index >= 15 is 0 Å². The number of hydrogen-bond acceptors (Lipinski definition) is 3. The average molecular weight is 298 g/mol. The molecule has 94 valence electrons. The molecule has 0 bridgehead atoms. The van der Waals surface area contributed by atoms with Crippen molar-refractivity contribution in [3.05, 3.63) is 18.1 Å². The normalized spacial score (nSPS) is 17.1. The van der Waals surface area contributed by atoms with Crippen molar-refractivity contribution < 1.29 is 0 Å². The highest BCUT2D eigenvalue weighted by Crippen LogP contribution is 2.26. The summed E-state index contributed by atoms with van der Waals surface area (Å²) < 4.78 is 0. The molecule has 0 aliphatic heterocycles. The van der Waals surface area contributed by atoms with Crippen molar-refractivity contribution in [3.8, 4) is 0 Å². The molecule has 3 nitrogen and oxygen atoms in total. The van der Waals surface area contributed by atoms with Crippen LogP contribution in [0.25, 0.3) is 0 Å². The summed E-state index contributed by atoms with van der Waals surface area (Å²) in [6.07, 6.45) is 8.57. The third-order valence-corrected chi connectivity index (χ3v) is 3.75. The summed E-state index contributed by atoms with van der Waals surface area (Å²) in [5.41, 5.74) is 0. The van der Waals surface area contributed by atoms with Crippen molar-refractivity contribution in [2.75, 3.05) is 16.8 Å². The molecule has 1 aromatic rings. The lowest BCUT2D eigenvalue weighted by atomic mass is 9.94. The third kappa shape index (κ3) is 3.41. The van der Waals surface area contributed by atoms with Crippen LogP contribution in [-0.2, 0) is 0 Å². The van der Waals surface area contributed by atoms with Gasteiger partial charge in [0.25, 0.3) is 0 Å². The van der Waals surface area contributed by atoms with Crippen LogP contribution in [0.3, 0.4) is 0 Å². The summed E-state index contributed by atoms with van der Waals surface area (Å²) in [6.45, 7) is 2.98. The monoisotopic (exact) mass is 297 g/mol. The fourth-order valence-corrected chi connectivity index (χ4v) is 2.95. The van der Waals surface area contributed by atoms with E-state index in [2.05, 4.69) is 30.8 Å². The molecule has 1 aliphatic rings. The van der Waals surface area contributed by atoms with Crippen molar-refractivity contribution in [1.29, 1.82) is 0 Å². The van der Waals surface area contributed by atoms with Gasteiger partial charge in [-0.05, 0) is 25.8 Å². The number of aromatic nitrogens is 2. The van der Waals surface area contributed by atoms with Crippen LogP contribution in [0.1, 0.15) is 37.9 Å². The Morgan fingerprint density at radius 1 is 1.35 bits per heavy atom. The summed E-state index contributed by atoms with van der Waals surface area (Å²) in [6, 6.07) is 2.69. The van der Waals surface area contributed by atoms with Crippen LogP contribution >= 0.6 is 15.9 Å². The summed E-state index contributed by atoms with van der Waals surface area (Å²) in [5, 5.41) is 0.993. The molecule has 0 radical (unpaired) electrons. The lowest BCUT2D eigenvalue weighted by Crippen LogP contribution is -2.38. The number of nitrogens with zero attached hydrogens (tertiary/aromatic N) is 3. The molecule has 1 aliphatic carbocycles.